The van der Waals surface area contributed by atoms with Gasteiger partial charge in [-0.25, -0.2) is 9.48 Å². The summed E-state index contributed by atoms with van der Waals surface area (Å²) < 4.78 is 27.2. The van der Waals surface area contributed by atoms with Gasteiger partial charge in [0, 0.05) is 14.2 Å². The van der Waals surface area contributed by atoms with Crippen LogP contribution < -0.4 is 4.90 Å². The Morgan fingerprint density at radius 2 is 1.30 bits per heavy atom. The maximum atomic E-state index is 6.65. The molecule has 0 amide bonds. The average molecular weight is 498 g/mol. The Labute approximate surface area is 217 Å². The van der Waals surface area contributed by atoms with E-state index < -0.39 is 11.6 Å². The molecule has 4 aromatic carbocycles. The number of anilines is 1. The first kappa shape index (κ1) is 24.1. The zero-order chi connectivity index (χ0) is 25.6. The molecule has 4 aromatic rings. The van der Waals surface area contributed by atoms with E-state index in [4.69, 9.17) is 18.9 Å². The van der Waals surface area contributed by atoms with Gasteiger partial charge in [0.15, 0.2) is 0 Å². The number of ether oxygens (including phenoxy) is 4. The Bertz CT molecular complexity index is 1490. The zero-order valence-corrected chi connectivity index (χ0v) is 21.8. The van der Waals surface area contributed by atoms with Crippen molar-refractivity contribution in [3.8, 4) is 0 Å². The summed E-state index contributed by atoms with van der Waals surface area (Å²) in [4.78, 5) is 2.25. The molecule has 37 heavy (non-hydrogen) atoms. The van der Waals surface area contributed by atoms with Gasteiger partial charge >= 0.3 is 0 Å². The fourth-order valence-corrected chi connectivity index (χ4v) is 5.43. The Balaban J connectivity index is 1.45. The summed E-state index contributed by atoms with van der Waals surface area (Å²) in [7, 11) is 3.26. The largest absolute Gasteiger partial charge is 0.349 e. The molecule has 0 bridgehead atoms. The van der Waals surface area contributed by atoms with E-state index in [1.54, 1.807) is 14.2 Å². The molecule has 4 atom stereocenters. The average Bonchev–Trinajstić information content (AvgIpc) is 3.11. The van der Waals surface area contributed by atoms with Crippen molar-refractivity contribution < 1.29 is 23.5 Å². The first-order chi connectivity index (χ1) is 17.9. The van der Waals surface area contributed by atoms with Crippen molar-refractivity contribution in [2.24, 2.45) is 0 Å². The third-order valence-corrected chi connectivity index (χ3v) is 7.93. The Morgan fingerprint density at radius 3 is 1.95 bits per heavy atom. The highest BCUT2D eigenvalue weighted by Gasteiger charge is 2.58. The van der Waals surface area contributed by atoms with Crippen molar-refractivity contribution in [2.75, 3.05) is 32.2 Å². The van der Waals surface area contributed by atoms with Crippen LogP contribution in [0.2, 0.25) is 0 Å². The molecule has 0 spiro atoms. The number of hydrogen-bond acceptors (Lipinski definition) is 5. The van der Waals surface area contributed by atoms with Crippen molar-refractivity contribution >= 4 is 39.3 Å². The van der Waals surface area contributed by atoms with Gasteiger partial charge in [0.05, 0.1) is 0 Å². The van der Waals surface area contributed by atoms with Crippen LogP contribution in [0.4, 0.5) is 11.4 Å². The number of rotatable bonds is 4. The molecule has 0 aliphatic carbocycles. The number of fused-ring (bicyclic) bond motifs is 3. The van der Waals surface area contributed by atoms with Crippen molar-refractivity contribution in [1.29, 1.82) is 0 Å². The fraction of sp³-hybridized carbons (Fsp3) is 0.323. The molecule has 0 N–H and O–H groups in total. The van der Waals surface area contributed by atoms with E-state index in [0.717, 1.165) is 11.4 Å². The minimum Gasteiger partial charge on any atom is -0.349 e. The molecular weight excluding hydrogens is 464 g/mol. The molecule has 0 radical (unpaired) electrons. The van der Waals surface area contributed by atoms with Crippen LogP contribution in [-0.4, -0.2) is 62.0 Å². The third-order valence-electron chi connectivity index (χ3n) is 7.93. The summed E-state index contributed by atoms with van der Waals surface area (Å²) in [6.07, 6.45) is 1.68. The molecule has 6 heteroatoms. The topological polar surface area (TPSA) is 43.2 Å². The molecule has 0 aromatic heterocycles. The lowest BCUT2D eigenvalue weighted by Crippen LogP contribution is -2.67. The van der Waals surface area contributed by atoms with Crippen molar-refractivity contribution in [3.05, 3.63) is 84.9 Å². The van der Waals surface area contributed by atoms with Crippen LogP contribution >= 0.6 is 0 Å². The van der Waals surface area contributed by atoms with Crippen LogP contribution in [0.5, 0.6) is 0 Å². The summed E-state index contributed by atoms with van der Waals surface area (Å²) >= 11 is 0. The number of benzene rings is 4. The van der Waals surface area contributed by atoms with Gasteiger partial charge in [-0.3, -0.25) is 0 Å². The monoisotopic (exact) mass is 497 g/mol. The zero-order valence-electron chi connectivity index (χ0n) is 21.8. The van der Waals surface area contributed by atoms with Gasteiger partial charge in [-0.05, 0) is 59.7 Å². The molecular formula is C31H33N2O4+. The second kappa shape index (κ2) is 9.23. The summed E-state index contributed by atoms with van der Waals surface area (Å²) in [5.41, 5.74) is 2.18. The predicted molar refractivity (Wildman–Crippen MR) is 147 cm³/mol. The van der Waals surface area contributed by atoms with Crippen LogP contribution in [0.15, 0.2) is 84.9 Å². The highest BCUT2D eigenvalue weighted by molar-refractivity contribution is 5.89. The van der Waals surface area contributed by atoms with Crippen LogP contribution in [0.25, 0.3) is 21.5 Å². The Morgan fingerprint density at radius 1 is 0.730 bits per heavy atom. The minimum atomic E-state index is -1.06. The molecule has 0 unspecified atom stereocenters. The molecule has 2 aliphatic rings. The highest BCUT2D eigenvalue weighted by Crippen LogP contribution is 2.40. The molecule has 2 aliphatic heterocycles. The maximum Gasteiger partial charge on any atom is 0.244 e. The first-order valence-corrected chi connectivity index (χ1v) is 12.7. The van der Waals surface area contributed by atoms with E-state index in [-0.39, 0.29) is 12.2 Å². The van der Waals surface area contributed by atoms with E-state index in [0.29, 0.717) is 13.1 Å². The molecule has 1 fully saturated rings. The maximum absolute atomic E-state index is 6.65. The van der Waals surface area contributed by atoms with E-state index >= 15 is 0 Å². The first-order valence-electron chi connectivity index (χ1n) is 12.7. The summed E-state index contributed by atoms with van der Waals surface area (Å²) in [5, 5.41) is 4.82. The normalized spacial score (nSPS) is 28.1. The van der Waals surface area contributed by atoms with E-state index in [9.17, 15) is 0 Å². The van der Waals surface area contributed by atoms with Gasteiger partial charge in [0.25, 0.3) is 0 Å². The lowest BCUT2D eigenvalue weighted by Gasteiger charge is -2.51. The van der Waals surface area contributed by atoms with Gasteiger partial charge in [0.2, 0.25) is 17.9 Å². The molecule has 1 saturated heterocycles. The summed E-state index contributed by atoms with van der Waals surface area (Å²) in [6.45, 7) is 4.96. The summed E-state index contributed by atoms with van der Waals surface area (Å²) in [5.74, 6) is -2.12. The van der Waals surface area contributed by atoms with Gasteiger partial charge in [-0.2, -0.15) is 0 Å². The molecule has 2 heterocycles. The van der Waals surface area contributed by atoms with Crippen molar-refractivity contribution in [1.82, 2.24) is 0 Å². The van der Waals surface area contributed by atoms with E-state index in [2.05, 4.69) is 101 Å². The number of hydrogen-bond donors (Lipinski definition) is 0. The van der Waals surface area contributed by atoms with Crippen LogP contribution in [-0.2, 0) is 18.9 Å². The van der Waals surface area contributed by atoms with Crippen LogP contribution in [0.3, 0.4) is 0 Å². The summed E-state index contributed by atoms with van der Waals surface area (Å²) in [6, 6.07) is 30.0. The molecule has 0 saturated carbocycles. The number of nitrogens with zero attached hydrogens (tertiary/aromatic N) is 2. The molecule has 190 valence electrons. The minimum absolute atomic E-state index is 0.249. The molecule has 6 rings (SSSR count). The van der Waals surface area contributed by atoms with Gasteiger partial charge in [-0.15, -0.1) is 0 Å². The second-order valence-corrected chi connectivity index (χ2v) is 10.1. The smallest absolute Gasteiger partial charge is 0.244 e. The van der Waals surface area contributed by atoms with Crippen LogP contribution in [0, 0.1) is 0 Å². The fourth-order valence-electron chi connectivity index (χ4n) is 5.43. The second-order valence-electron chi connectivity index (χ2n) is 10.1. The quantitative estimate of drug-likeness (QED) is 0.339. The van der Waals surface area contributed by atoms with Crippen molar-refractivity contribution in [3.63, 3.8) is 0 Å². The van der Waals surface area contributed by atoms with Crippen LogP contribution in [0.1, 0.15) is 13.8 Å². The SMILES string of the molecule is CO[C@]1(C)O[C@@H]2CN(c3ccc4ccccc4c3)C=[N+](c3ccc4ccccc4c3)C[C@H]2O[C@@]1(C)OC. The third kappa shape index (κ3) is 4.20. The highest BCUT2D eigenvalue weighted by atomic mass is 16.8. The lowest BCUT2D eigenvalue weighted by molar-refractivity contribution is -0.496. The predicted octanol–water partition coefficient (Wildman–Crippen LogP) is 5.69. The Hall–Kier alpha value is -3.29. The van der Waals surface area contributed by atoms with Gasteiger partial charge < -0.3 is 18.9 Å². The van der Waals surface area contributed by atoms with Gasteiger partial charge in [0.1, 0.15) is 36.7 Å². The Kier molecular flexibility index (Phi) is 6.00. The standard InChI is InChI=1S/C31H33N2O4/c1-30(34-3)31(2,35-4)37-29-20-33(27-16-14-23-10-6-8-12-25(23)18-27)21-32(19-28(29)36-30)26-15-13-22-9-5-7-11-24(22)17-26/h5-18,21,28-29H,19-20H2,1-4H3/q+1/t28-,29-,30-,31-/m1/s1. The lowest BCUT2D eigenvalue weighted by atomic mass is 10.0. The molecule has 6 nitrogen and oxygen atoms in total. The van der Waals surface area contributed by atoms with Gasteiger partial charge in [-0.1, -0.05) is 60.7 Å². The van der Waals surface area contributed by atoms with Crippen molar-refractivity contribution in [2.45, 2.75) is 37.6 Å². The number of methoxy groups -OCH3 is 2. The van der Waals surface area contributed by atoms with E-state index in [1.165, 1.54) is 21.5 Å². The van der Waals surface area contributed by atoms with E-state index in [1.807, 2.05) is 13.8 Å².